The predicted octanol–water partition coefficient (Wildman–Crippen LogP) is 4.24. The lowest BCUT2D eigenvalue weighted by Gasteiger charge is -2.14. The highest BCUT2D eigenvalue weighted by atomic mass is 32.2. The summed E-state index contributed by atoms with van der Waals surface area (Å²) >= 11 is 0. The summed E-state index contributed by atoms with van der Waals surface area (Å²) in [5.74, 6) is 0.317. The van der Waals surface area contributed by atoms with Crippen LogP contribution in [0.1, 0.15) is 36.0 Å². The molecule has 11 heteroatoms. The number of fused-ring (bicyclic) bond motifs is 5. The first-order valence-electron chi connectivity index (χ1n) is 11.0. The number of nitrogens with zero attached hydrogens (tertiary/aromatic N) is 4. The fourth-order valence-corrected chi connectivity index (χ4v) is 6.33. The van der Waals surface area contributed by atoms with Crippen molar-refractivity contribution in [3.8, 4) is 16.9 Å². The van der Waals surface area contributed by atoms with Crippen LogP contribution in [0.2, 0.25) is 0 Å². The summed E-state index contributed by atoms with van der Waals surface area (Å²) in [5.41, 5.74) is 3.02. The number of ether oxygens (including phenoxy) is 1. The standard InChI is InChI=1S/C24H17F2N5O3S/c1-11-22(26)14-6-12(2-5-20(14)35(11,32)33)15-8-27-24(31-10-29-30-23(15)31)28-9-16-17(25)3-4-18-21(16)13-7-19(13)34-18/h2-6,8,10,13,19H,7,9H2,1H3,(H,27,28)/t13-,19?/m0/s1. The number of halogens is 2. The zero-order valence-electron chi connectivity index (χ0n) is 18.3. The lowest BCUT2D eigenvalue weighted by atomic mass is 10.0. The highest BCUT2D eigenvalue weighted by Gasteiger charge is 2.49. The SMILES string of the molecule is CC1=C(F)c2cc(-c3cnc(NCc4c(F)ccc5c4[C@H]4CC4O5)n4cnnc34)ccc2S1(=O)=O. The Bertz CT molecular complexity index is 1730. The largest absolute Gasteiger partial charge is 0.489 e. The van der Waals surface area contributed by atoms with Crippen molar-refractivity contribution in [1.82, 2.24) is 19.6 Å². The second kappa shape index (κ2) is 6.85. The molecule has 1 unspecified atom stereocenters. The van der Waals surface area contributed by atoms with E-state index in [-0.39, 0.29) is 39.7 Å². The fourth-order valence-electron chi connectivity index (χ4n) is 4.97. The molecular weight excluding hydrogens is 476 g/mol. The molecule has 4 heterocycles. The number of aromatic nitrogens is 4. The van der Waals surface area contributed by atoms with Gasteiger partial charge in [0.25, 0.3) is 0 Å². The summed E-state index contributed by atoms with van der Waals surface area (Å²) in [4.78, 5) is 4.12. The van der Waals surface area contributed by atoms with Gasteiger partial charge in [-0.15, -0.1) is 10.2 Å². The molecule has 3 aliphatic rings. The summed E-state index contributed by atoms with van der Waals surface area (Å²) in [7, 11) is -3.81. The molecule has 2 aliphatic heterocycles. The minimum absolute atomic E-state index is 0.0221. The summed E-state index contributed by atoms with van der Waals surface area (Å²) in [6.45, 7) is 1.46. The topological polar surface area (TPSA) is 98.5 Å². The maximum absolute atomic E-state index is 14.7. The van der Waals surface area contributed by atoms with Gasteiger partial charge in [-0.1, -0.05) is 6.07 Å². The van der Waals surface area contributed by atoms with Crippen LogP contribution in [0.4, 0.5) is 14.7 Å². The molecule has 2 aromatic heterocycles. The van der Waals surface area contributed by atoms with Gasteiger partial charge in [0.05, 0.1) is 9.80 Å². The van der Waals surface area contributed by atoms with Crippen LogP contribution in [0.5, 0.6) is 5.75 Å². The summed E-state index contributed by atoms with van der Waals surface area (Å²) in [6.07, 6.45) is 4.09. The second-order valence-corrected chi connectivity index (χ2v) is 11.0. The highest BCUT2D eigenvalue weighted by Crippen LogP contribution is 2.55. The molecule has 8 nitrogen and oxygen atoms in total. The number of rotatable bonds is 4. The molecular formula is C24H17F2N5O3S. The van der Waals surface area contributed by atoms with Gasteiger partial charge in [0, 0.05) is 40.9 Å². The zero-order chi connectivity index (χ0) is 24.1. The Balaban J connectivity index is 1.25. The zero-order valence-corrected chi connectivity index (χ0v) is 19.1. The van der Waals surface area contributed by atoms with Crippen molar-refractivity contribution in [2.24, 2.45) is 0 Å². The molecule has 0 radical (unpaired) electrons. The van der Waals surface area contributed by atoms with Crippen molar-refractivity contribution in [3.05, 3.63) is 70.3 Å². The maximum atomic E-state index is 14.7. The molecule has 7 rings (SSSR count). The predicted molar refractivity (Wildman–Crippen MR) is 123 cm³/mol. The molecule has 0 saturated heterocycles. The molecule has 1 aliphatic carbocycles. The van der Waals surface area contributed by atoms with Crippen LogP contribution in [-0.4, -0.2) is 34.1 Å². The molecule has 2 aromatic carbocycles. The van der Waals surface area contributed by atoms with Crippen molar-refractivity contribution in [2.75, 3.05) is 5.32 Å². The Morgan fingerprint density at radius 2 is 2.06 bits per heavy atom. The van der Waals surface area contributed by atoms with Crippen LogP contribution in [0.15, 0.2) is 52.7 Å². The molecule has 4 aromatic rings. The number of hydrogen-bond acceptors (Lipinski definition) is 7. The minimum atomic E-state index is -3.81. The monoisotopic (exact) mass is 493 g/mol. The van der Waals surface area contributed by atoms with Crippen molar-refractivity contribution >= 4 is 27.3 Å². The third-order valence-electron chi connectivity index (χ3n) is 6.93. The Kier molecular flexibility index (Phi) is 4.01. The van der Waals surface area contributed by atoms with E-state index in [0.29, 0.717) is 28.3 Å². The van der Waals surface area contributed by atoms with E-state index >= 15 is 0 Å². The van der Waals surface area contributed by atoms with Gasteiger partial charge in [-0.2, -0.15) is 0 Å². The first-order chi connectivity index (χ1) is 16.8. The van der Waals surface area contributed by atoms with Gasteiger partial charge < -0.3 is 10.1 Å². The Morgan fingerprint density at radius 1 is 1.20 bits per heavy atom. The van der Waals surface area contributed by atoms with Crippen LogP contribution in [-0.2, 0) is 16.4 Å². The number of allylic oxidation sites excluding steroid dienone is 1. The number of anilines is 1. The van der Waals surface area contributed by atoms with Gasteiger partial charge in [0.1, 0.15) is 29.8 Å². The van der Waals surface area contributed by atoms with Gasteiger partial charge in [-0.3, -0.25) is 4.40 Å². The molecule has 1 N–H and O–H groups in total. The molecule has 0 bridgehead atoms. The first-order valence-corrected chi connectivity index (χ1v) is 12.5. The van der Waals surface area contributed by atoms with Crippen LogP contribution in [0.25, 0.3) is 22.6 Å². The highest BCUT2D eigenvalue weighted by molar-refractivity contribution is 7.95. The maximum Gasteiger partial charge on any atom is 0.210 e. The Labute approximate surface area is 198 Å². The van der Waals surface area contributed by atoms with E-state index in [1.165, 1.54) is 31.5 Å². The quantitative estimate of drug-likeness (QED) is 0.454. The number of nitrogens with one attached hydrogen (secondary N) is 1. The molecule has 35 heavy (non-hydrogen) atoms. The molecule has 2 atom stereocenters. The van der Waals surface area contributed by atoms with Gasteiger partial charge in [-0.05, 0) is 43.2 Å². The fraction of sp³-hybridized carbons (Fsp3) is 0.208. The van der Waals surface area contributed by atoms with E-state index in [1.54, 1.807) is 22.7 Å². The smallest absolute Gasteiger partial charge is 0.210 e. The van der Waals surface area contributed by atoms with E-state index in [0.717, 1.165) is 17.7 Å². The number of benzene rings is 2. The molecule has 1 fully saturated rings. The molecule has 0 amide bonds. The average Bonchev–Trinajstić information content (AvgIpc) is 3.20. The first kappa shape index (κ1) is 20.5. The average molecular weight is 493 g/mol. The summed E-state index contributed by atoms with van der Waals surface area (Å²) in [6, 6.07) is 7.55. The minimum Gasteiger partial charge on any atom is -0.489 e. The van der Waals surface area contributed by atoms with Gasteiger partial charge in [-0.25, -0.2) is 22.2 Å². The normalized spacial score (nSPS) is 21.0. The van der Waals surface area contributed by atoms with E-state index in [9.17, 15) is 17.2 Å². The third-order valence-corrected chi connectivity index (χ3v) is 8.85. The second-order valence-electron chi connectivity index (χ2n) is 8.89. The number of hydrogen-bond donors (Lipinski definition) is 1. The molecule has 176 valence electrons. The van der Waals surface area contributed by atoms with Crippen molar-refractivity contribution in [1.29, 1.82) is 0 Å². The van der Waals surface area contributed by atoms with Gasteiger partial charge in [0.2, 0.25) is 15.8 Å². The van der Waals surface area contributed by atoms with E-state index in [1.807, 2.05) is 0 Å². The lowest BCUT2D eigenvalue weighted by Crippen LogP contribution is -2.10. The Hall–Kier alpha value is -3.86. The van der Waals surface area contributed by atoms with E-state index < -0.39 is 15.7 Å². The van der Waals surface area contributed by atoms with Crippen molar-refractivity contribution < 1.29 is 21.9 Å². The summed E-state index contributed by atoms with van der Waals surface area (Å²) < 4.78 is 61.5. The molecule has 1 saturated carbocycles. The number of sulfone groups is 1. The van der Waals surface area contributed by atoms with Crippen LogP contribution in [0.3, 0.4) is 0 Å². The van der Waals surface area contributed by atoms with Crippen molar-refractivity contribution in [3.63, 3.8) is 0 Å². The Morgan fingerprint density at radius 3 is 2.91 bits per heavy atom. The van der Waals surface area contributed by atoms with E-state index in [2.05, 4.69) is 20.5 Å². The lowest BCUT2D eigenvalue weighted by molar-refractivity contribution is 0.318. The third kappa shape index (κ3) is 2.81. The molecule has 0 spiro atoms. The van der Waals surface area contributed by atoms with Crippen molar-refractivity contribution in [2.45, 2.75) is 36.8 Å². The van der Waals surface area contributed by atoms with Crippen LogP contribution in [0, 0.1) is 5.82 Å². The van der Waals surface area contributed by atoms with Gasteiger partial charge in [0.15, 0.2) is 5.65 Å². The van der Waals surface area contributed by atoms with Crippen LogP contribution >= 0.6 is 0 Å². The van der Waals surface area contributed by atoms with Gasteiger partial charge >= 0.3 is 0 Å². The van der Waals surface area contributed by atoms with Crippen LogP contribution < -0.4 is 10.1 Å². The van der Waals surface area contributed by atoms with E-state index in [4.69, 9.17) is 4.74 Å². The summed E-state index contributed by atoms with van der Waals surface area (Å²) in [5, 5.41) is 11.3.